The van der Waals surface area contributed by atoms with Gasteiger partial charge in [-0.15, -0.1) is 0 Å². The second-order valence-corrected chi connectivity index (χ2v) is 4.66. The number of nitrogens with zero attached hydrogens (tertiary/aromatic N) is 4. The Labute approximate surface area is 120 Å². The van der Waals surface area contributed by atoms with Gasteiger partial charge in [-0.1, -0.05) is 6.07 Å². The van der Waals surface area contributed by atoms with Crippen LogP contribution in [-0.2, 0) is 0 Å². The van der Waals surface area contributed by atoms with Crippen molar-refractivity contribution in [2.45, 2.75) is 6.92 Å². The molecule has 21 heavy (non-hydrogen) atoms. The lowest BCUT2D eigenvalue weighted by molar-refractivity contribution is -0.384. The maximum absolute atomic E-state index is 10.7. The molecular weight excluding hydrogens is 268 g/mol. The first kappa shape index (κ1) is 12.8. The van der Waals surface area contributed by atoms with Gasteiger partial charge in [0.2, 0.25) is 0 Å². The van der Waals surface area contributed by atoms with E-state index >= 15 is 0 Å². The number of nitriles is 1. The van der Waals surface area contributed by atoms with Crippen molar-refractivity contribution < 1.29 is 4.92 Å². The summed E-state index contributed by atoms with van der Waals surface area (Å²) in [4.78, 5) is 14.7. The van der Waals surface area contributed by atoms with Crippen LogP contribution < -0.4 is 0 Å². The molecule has 0 aliphatic heterocycles. The van der Waals surface area contributed by atoms with E-state index in [1.54, 1.807) is 16.5 Å². The Bertz CT molecular complexity index is 888. The Kier molecular flexibility index (Phi) is 2.88. The lowest BCUT2D eigenvalue weighted by Crippen LogP contribution is -1.90. The predicted octanol–water partition coefficient (Wildman–Crippen LogP) is 3.09. The van der Waals surface area contributed by atoms with Crippen LogP contribution in [0, 0.1) is 28.4 Å². The third-order valence-electron chi connectivity index (χ3n) is 3.22. The van der Waals surface area contributed by atoms with Gasteiger partial charge in [-0.3, -0.25) is 14.5 Å². The number of rotatable bonds is 2. The van der Waals surface area contributed by atoms with Crippen LogP contribution in [0.2, 0.25) is 0 Å². The molecule has 0 amide bonds. The third-order valence-corrected chi connectivity index (χ3v) is 3.22. The minimum atomic E-state index is -0.456. The predicted molar refractivity (Wildman–Crippen MR) is 76.7 cm³/mol. The second kappa shape index (κ2) is 4.72. The van der Waals surface area contributed by atoms with Crippen LogP contribution in [-0.4, -0.2) is 14.3 Å². The summed E-state index contributed by atoms with van der Waals surface area (Å²) in [5.41, 5.74) is 3.33. The number of aromatic nitrogens is 2. The van der Waals surface area contributed by atoms with Crippen LogP contribution >= 0.6 is 0 Å². The summed E-state index contributed by atoms with van der Waals surface area (Å²) >= 11 is 0. The third kappa shape index (κ3) is 2.11. The highest BCUT2D eigenvalue weighted by atomic mass is 16.6. The average molecular weight is 278 g/mol. The molecule has 0 N–H and O–H groups in total. The molecule has 3 rings (SSSR count). The zero-order valence-corrected chi connectivity index (χ0v) is 11.1. The van der Waals surface area contributed by atoms with Gasteiger partial charge < -0.3 is 0 Å². The molecule has 0 aliphatic rings. The van der Waals surface area contributed by atoms with Gasteiger partial charge in [0.05, 0.1) is 4.92 Å². The normalized spacial score (nSPS) is 10.5. The number of fused-ring (bicyclic) bond motifs is 1. The number of nitro benzene ring substituents is 1. The van der Waals surface area contributed by atoms with Gasteiger partial charge in [0.25, 0.3) is 5.69 Å². The smallest absolute Gasteiger partial charge is 0.269 e. The first-order valence-corrected chi connectivity index (χ1v) is 6.24. The molecule has 0 spiro atoms. The van der Waals surface area contributed by atoms with Crippen LogP contribution in [0.3, 0.4) is 0 Å². The molecular formula is C15H10N4O2. The molecule has 0 atom stereocenters. The van der Waals surface area contributed by atoms with E-state index in [1.165, 1.54) is 12.1 Å². The highest BCUT2D eigenvalue weighted by Gasteiger charge is 2.15. The highest BCUT2D eigenvalue weighted by molar-refractivity contribution is 5.70. The van der Waals surface area contributed by atoms with Crippen molar-refractivity contribution in [1.82, 2.24) is 9.38 Å². The number of aryl methyl sites for hydroxylation is 1. The largest absolute Gasteiger partial charge is 0.290 e. The number of benzene rings is 1. The lowest BCUT2D eigenvalue weighted by atomic mass is 10.1. The van der Waals surface area contributed by atoms with Crippen LogP contribution in [0.1, 0.15) is 11.3 Å². The molecule has 3 aromatic rings. The van der Waals surface area contributed by atoms with Crippen LogP contribution in [0.4, 0.5) is 5.69 Å². The van der Waals surface area contributed by atoms with E-state index < -0.39 is 4.92 Å². The molecule has 0 aliphatic carbocycles. The Hall–Kier alpha value is -3.20. The Balaban J connectivity index is 2.20. The van der Waals surface area contributed by atoms with Crippen molar-refractivity contribution in [1.29, 1.82) is 5.26 Å². The van der Waals surface area contributed by atoms with Gasteiger partial charge in [0, 0.05) is 23.9 Å². The quantitative estimate of drug-likeness (QED) is 0.532. The molecule has 1 aromatic carbocycles. The maximum atomic E-state index is 10.7. The Morgan fingerprint density at radius 1 is 1.24 bits per heavy atom. The molecule has 2 heterocycles. The fourth-order valence-electron chi connectivity index (χ4n) is 2.20. The van der Waals surface area contributed by atoms with E-state index in [1.807, 2.05) is 25.3 Å². The Morgan fingerprint density at radius 2 is 1.95 bits per heavy atom. The molecule has 2 aromatic heterocycles. The van der Waals surface area contributed by atoms with Crippen LogP contribution in [0.15, 0.2) is 42.6 Å². The molecule has 0 fully saturated rings. The second-order valence-electron chi connectivity index (χ2n) is 4.66. The minimum Gasteiger partial charge on any atom is -0.290 e. The summed E-state index contributed by atoms with van der Waals surface area (Å²) in [5.74, 6) is 0. The zero-order chi connectivity index (χ0) is 15.0. The maximum Gasteiger partial charge on any atom is 0.269 e. The zero-order valence-electron chi connectivity index (χ0n) is 11.1. The van der Waals surface area contributed by atoms with E-state index in [0.29, 0.717) is 22.6 Å². The van der Waals surface area contributed by atoms with E-state index in [-0.39, 0.29) is 5.69 Å². The summed E-state index contributed by atoms with van der Waals surface area (Å²) in [6.45, 7) is 1.94. The fourth-order valence-corrected chi connectivity index (χ4v) is 2.20. The van der Waals surface area contributed by atoms with Crippen molar-refractivity contribution in [3.05, 3.63) is 64.0 Å². The van der Waals surface area contributed by atoms with E-state index in [2.05, 4.69) is 11.1 Å². The lowest BCUT2D eigenvalue weighted by Gasteiger charge is -1.98. The molecule has 102 valence electrons. The summed E-state index contributed by atoms with van der Waals surface area (Å²) in [6.07, 6.45) is 1.84. The SMILES string of the molecule is Cc1ccc2nc(-c3ccc([N+](=O)[O-])cc3)c(C#N)n2c1. The van der Waals surface area contributed by atoms with Crippen molar-refractivity contribution in [3.63, 3.8) is 0 Å². The molecule has 0 unspecified atom stereocenters. The van der Waals surface area contributed by atoms with E-state index in [4.69, 9.17) is 0 Å². The number of hydrogen-bond donors (Lipinski definition) is 0. The number of nitro groups is 1. The number of hydrogen-bond acceptors (Lipinski definition) is 4. The van der Waals surface area contributed by atoms with Gasteiger partial charge >= 0.3 is 0 Å². The summed E-state index contributed by atoms with van der Waals surface area (Å²) in [6, 6.07) is 11.9. The van der Waals surface area contributed by atoms with Crippen LogP contribution in [0.5, 0.6) is 0 Å². The number of pyridine rings is 1. The molecule has 6 nitrogen and oxygen atoms in total. The van der Waals surface area contributed by atoms with Crippen molar-refractivity contribution in [3.8, 4) is 17.3 Å². The first-order chi connectivity index (χ1) is 10.1. The van der Waals surface area contributed by atoms with Gasteiger partial charge in [0.15, 0.2) is 5.69 Å². The van der Waals surface area contributed by atoms with E-state index in [9.17, 15) is 15.4 Å². The summed E-state index contributed by atoms with van der Waals surface area (Å²) < 4.78 is 1.73. The van der Waals surface area contributed by atoms with Crippen molar-refractivity contribution in [2.75, 3.05) is 0 Å². The number of non-ortho nitro benzene ring substituents is 1. The molecule has 6 heteroatoms. The monoisotopic (exact) mass is 278 g/mol. The van der Waals surface area contributed by atoms with E-state index in [0.717, 1.165) is 5.56 Å². The average Bonchev–Trinajstić information content (AvgIpc) is 2.85. The van der Waals surface area contributed by atoms with Gasteiger partial charge in [-0.25, -0.2) is 4.98 Å². The molecule has 0 bridgehead atoms. The molecule has 0 saturated heterocycles. The fraction of sp³-hybridized carbons (Fsp3) is 0.0667. The summed E-state index contributed by atoms with van der Waals surface area (Å²) in [7, 11) is 0. The number of imidazole rings is 1. The highest BCUT2D eigenvalue weighted by Crippen LogP contribution is 2.26. The van der Waals surface area contributed by atoms with Crippen molar-refractivity contribution >= 4 is 11.3 Å². The minimum absolute atomic E-state index is 0.0110. The van der Waals surface area contributed by atoms with Crippen molar-refractivity contribution in [2.24, 2.45) is 0 Å². The first-order valence-electron chi connectivity index (χ1n) is 6.24. The molecule has 0 radical (unpaired) electrons. The standard InChI is InChI=1S/C15H10N4O2/c1-10-2-7-14-17-15(13(8-16)18(14)9-10)11-3-5-12(6-4-11)19(20)21/h2-7,9H,1H3. The van der Waals surface area contributed by atoms with Gasteiger partial charge in [0.1, 0.15) is 17.4 Å². The summed E-state index contributed by atoms with van der Waals surface area (Å²) in [5, 5.41) is 20.1. The van der Waals surface area contributed by atoms with Crippen LogP contribution in [0.25, 0.3) is 16.9 Å². The van der Waals surface area contributed by atoms with Gasteiger partial charge in [-0.2, -0.15) is 5.26 Å². The van der Waals surface area contributed by atoms with Gasteiger partial charge in [-0.05, 0) is 30.7 Å². The topological polar surface area (TPSA) is 84.2 Å². The molecule has 0 saturated carbocycles. The Morgan fingerprint density at radius 3 is 2.57 bits per heavy atom.